The van der Waals surface area contributed by atoms with Crippen LogP contribution in [0.1, 0.15) is 20.3 Å². The normalized spacial score (nSPS) is 12.6. The highest BCUT2D eigenvalue weighted by Gasteiger charge is 2.09. The summed E-state index contributed by atoms with van der Waals surface area (Å²) in [5.41, 5.74) is 0. The van der Waals surface area contributed by atoms with E-state index in [9.17, 15) is 4.79 Å². The van der Waals surface area contributed by atoms with Crippen LogP contribution in [0.25, 0.3) is 0 Å². The minimum absolute atomic E-state index is 0.118. The molecule has 0 amide bonds. The van der Waals surface area contributed by atoms with E-state index in [2.05, 4.69) is 0 Å². The van der Waals surface area contributed by atoms with Gasteiger partial charge in [0.15, 0.2) is 5.78 Å². The summed E-state index contributed by atoms with van der Waals surface area (Å²) in [6.45, 7) is 6.77. The number of ketones is 1. The molecule has 0 N–H and O–H groups in total. The summed E-state index contributed by atoms with van der Waals surface area (Å²) >= 11 is 0. The molecule has 0 aromatic rings. The number of hydrogen-bond donors (Lipinski definition) is 0. The molecule has 0 aliphatic heterocycles. The molecule has 0 aromatic carbocycles. The molecular formula is C12H24O5. The molecule has 0 heterocycles. The van der Waals surface area contributed by atoms with Crippen molar-refractivity contribution in [2.45, 2.75) is 26.4 Å². The highest BCUT2D eigenvalue weighted by atomic mass is 16.6. The third kappa shape index (κ3) is 10.4. The third-order valence-electron chi connectivity index (χ3n) is 2.20. The summed E-state index contributed by atoms with van der Waals surface area (Å²) in [6.07, 6.45) is 0.177. The maximum absolute atomic E-state index is 11.2. The van der Waals surface area contributed by atoms with Gasteiger partial charge in [-0.05, 0) is 6.92 Å². The molecule has 17 heavy (non-hydrogen) atoms. The zero-order valence-electron chi connectivity index (χ0n) is 11.1. The molecule has 1 atom stereocenters. The predicted molar refractivity (Wildman–Crippen MR) is 64.2 cm³/mol. The van der Waals surface area contributed by atoms with Gasteiger partial charge in [-0.1, -0.05) is 6.92 Å². The van der Waals surface area contributed by atoms with Gasteiger partial charge in [0.05, 0.1) is 39.6 Å². The molecule has 0 saturated carbocycles. The van der Waals surface area contributed by atoms with Gasteiger partial charge in [0.2, 0.25) is 0 Å². The van der Waals surface area contributed by atoms with E-state index in [0.29, 0.717) is 46.1 Å². The van der Waals surface area contributed by atoms with Crippen molar-refractivity contribution in [1.29, 1.82) is 0 Å². The smallest absolute Gasteiger partial charge is 0.160 e. The fourth-order valence-electron chi connectivity index (χ4n) is 1.13. The number of hydrogen-bond acceptors (Lipinski definition) is 5. The number of ether oxygens (including phenoxy) is 4. The van der Waals surface area contributed by atoms with E-state index in [4.69, 9.17) is 18.9 Å². The molecule has 0 spiro atoms. The van der Waals surface area contributed by atoms with E-state index in [0.717, 1.165) is 0 Å². The lowest BCUT2D eigenvalue weighted by Gasteiger charge is -2.11. The molecule has 0 aromatic heterocycles. The summed E-state index contributed by atoms with van der Waals surface area (Å²) in [7, 11) is 1.63. The molecular weight excluding hydrogens is 224 g/mol. The van der Waals surface area contributed by atoms with E-state index in [-0.39, 0.29) is 11.9 Å². The monoisotopic (exact) mass is 248 g/mol. The molecule has 0 radical (unpaired) electrons. The first kappa shape index (κ1) is 16.5. The Morgan fingerprint density at radius 2 is 1.53 bits per heavy atom. The Kier molecular flexibility index (Phi) is 11.6. The molecule has 0 rings (SSSR count). The second-order valence-corrected chi connectivity index (χ2v) is 3.55. The molecule has 0 fully saturated rings. The van der Waals surface area contributed by atoms with Gasteiger partial charge in [0.1, 0.15) is 6.10 Å². The Bertz CT molecular complexity index is 184. The van der Waals surface area contributed by atoms with Gasteiger partial charge in [0, 0.05) is 13.5 Å². The van der Waals surface area contributed by atoms with E-state index >= 15 is 0 Å². The quantitative estimate of drug-likeness (QED) is 0.483. The average molecular weight is 248 g/mol. The maximum Gasteiger partial charge on any atom is 0.160 e. The lowest BCUT2D eigenvalue weighted by atomic mass is 10.2. The SMILES string of the molecule is CCC(=O)C(C)OCCOCCOCCOC. The maximum atomic E-state index is 11.2. The molecule has 1 unspecified atom stereocenters. The van der Waals surface area contributed by atoms with E-state index in [1.54, 1.807) is 14.0 Å². The van der Waals surface area contributed by atoms with Crippen LogP contribution >= 0.6 is 0 Å². The Morgan fingerprint density at radius 1 is 1.00 bits per heavy atom. The first-order chi connectivity index (χ1) is 8.22. The summed E-state index contributed by atoms with van der Waals surface area (Å²) < 4.78 is 20.6. The number of rotatable bonds is 12. The lowest BCUT2D eigenvalue weighted by Crippen LogP contribution is -2.22. The standard InChI is InChI=1S/C12H24O5/c1-4-12(13)11(2)17-10-9-16-8-7-15-6-5-14-3/h11H,4-10H2,1-3H3. The molecule has 102 valence electrons. The van der Waals surface area contributed by atoms with Gasteiger partial charge >= 0.3 is 0 Å². The van der Waals surface area contributed by atoms with Crippen LogP contribution in [0, 0.1) is 0 Å². The molecule has 0 aliphatic rings. The minimum Gasteiger partial charge on any atom is -0.382 e. The van der Waals surface area contributed by atoms with Crippen molar-refractivity contribution in [1.82, 2.24) is 0 Å². The van der Waals surface area contributed by atoms with Crippen molar-refractivity contribution < 1.29 is 23.7 Å². The number of carbonyl (C=O) groups excluding carboxylic acids is 1. The van der Waals surface area contributed by atoms with Crippen molar-refractivity contribution in [3.05, 3.63) is 0 Å². The molecule has 0 saturated heterocycles. The van der Waals surface area contributed by atoms with E-state index < -0.39 is 0 Å². The van der Waals surface area contributed by atoms with Crippen LogP contribution in [-0.2, 0) is 23.7 Å². The number of Topliss-reactive ketones (excluding diaryl/α,β-unsaturated/α-hetero) is 1. The molecule has 5 heteroatoms. The fourth-order valence-corrected chi connectivity index (χ4v) is 1.13. The largest absolute Gasteiger partial charge is 0.382 e. The highest BCUT2D eigenvalue weighted by molar-refractivity contribution is 5.82. The van der Waals surface area contributed by atoms with Crippen LogP contribution in [0.3, 0.4) is 0 Å². The second kappa shape index (κ2) is 12.0. The van der Waals surface area contributed by atoms with Crippen molar-refractivity contribution in [3.8, 4) is 0 Å². The Balaban J connectivity index is 3.15. The summed E-state index contributed by atoms with van der Waals surface area (Å²) in [5.74, 6) is 0.118. The van der Waals surface area contributed by atoms with Crippen LogP contribution in [0.15, 0.2) is 0 Å². The van der Waals surface area contributed by atoms with Crippen molar-refractivity contribution in [2.24, 2.45) is 0 Å². The minimum atomic E-state index is -0.332. The Morgan fingerprint density at radius 3 is 2.06 bits per heavy atom. The topological polar surface area (TPSA) is 54.0 Å². The lowest BCUT2D eigenvalue weighted by molar-refractivity contribution is -0.130. The van der Waals surface area contributed by atoms with E-state index in [1.165, 1.54) is 0 Å². The van der Waals surface area contributed by atoms with Crippen LogP contribution in [0.5, 0.6) is 0 Å². The second-order valence-electron chi connectivity index (χ2n) is 3.55. The predicted octanol–water partition coefficient (Wildman–Crippen LogP) is 1.05. The van der Waals surface area contributed by atoms with Crippen LogP contribution < -0.4 is 0 Å². The first-order valence-corrected chi connectivity index (χ1v) is 6.01. The molecule has 0 bridgehead atoms. The van der Waals surface area contributed by atoms with E-state index in [1.807, 2.05) is 6.92 Å². The van der Waals surface area contributed by atoms with Gasteiger partial charge in [-0.2, -0.15) is 0 Å². The van der Waals surface area contributed by atoms with Crippen molar-refractivity contribution >= 4 is 5.78 Å². The van der Waals surface area contributed by atoms with Gasteiger partial charge in [-0.3, -0.25) is 4.79 Å². The van der Waals surface area contributed by atoms with Gasteiger partial charge in [-0.15, -0.1) is 0 Å². The zero-order valence-corrected chi connectivity index (χ0v) is 11.1. The van der Waals surface area contributed by atoms with Crippen LogP contribution in [0.2, 0.25) is 0 Å². The summed E-state index contributed by atoms with van der Waals surface area (Å²) in [5, 5.41) is 0. The Hall–Kier alpha value is -0.490. The molecule has 5 nitrogen and oxygen atoms in total. The summed E-state index contributed by atoms with van der Waals surface area (Å²) in [6, 6.07) is 0. The summed E-state index contributed by atoms with van der Waals surface area (Å²) in [4.78, 5) is 11.2. The third-order valence-corrected chi connectivity index (χ3v) is 2.20. The fraction of sp³-hybridized carbons (Fsp3) is 0.917. The van der Waals surface area contributed by atoms with Crippen molar-refractivity contribution in [3.63, 3.8) is 0 Å². The number of methoxy groups -OCH3 is 1. The zero-order chi connectivity index (χ0) is 12.9. The van der Waals surface area contributed by atoms with Gasteiger partial charge in [0.25, 0.3) is 0 Å². The van der Waals surface area contributed by atoms with Crippen LogP contribution in [0.4, 0.5) is 0 Å². The Labute approximate surface area is 103 Å². The van der Waals surface area contributed by atoms with Crippen LogP contribution in [-0.4, -0.2) is 58.6 Å². The highest BCUT2D eigenvalue weighted by Crippen LogP contribution is 1.96. The van der Waals surface area contributed by atoms with Gasteiger partial charge < -0.3 is 18.9 Å². The van der Waals surface area contributed by atoms with Crippen molar-refractivity contribution in [2.75, 3.05) is 46.8 Å². The van der Waals surface area contributed by atoms with Gasteiger partial charge in [-0.25, -0.2) is 0 Å². The average Bonchev–Trinajstić information content (AvgIpc) is 2.35. The first-order valence-electron chi connectivity index (χ1n) is 6.01. The number of carbonyl (C=O) groups is 1. The molecule has 0 aliphatic carbocycles.